The number of hydrogen-bond donors (Lipinski definition) is 3. The zero-order chi connectivity index (χ0) is 12.5. The third-order valence-corrected chi connectivity index (χ3v) is 2.08. The highest BCUT2D eigenvalue weighted by molar-refractivity contribution is 5.93. The number of rotatable bonds is 7. The van der Waals surface area contributed by atoms with E-state index in [1.54, 1.807) is 0 Å². The van der Waals surface area contributed by atoms with Crippen LogP contribution in [0.25, 0.3) is 0 Å². The standard InChI is InChI=1S/C11H17N3O3/c12-3-7-17-6-1-4-14-11(16)9-8-13-5-2-10(9)15/h2,5,8H,1,3-4,6-7,12H2,(H,13,15)(H,14,16). The lowest BCUT2D eigenvalue weighted by atomic mass is 10.2. The van der Waals surface area contributed by atoms with Gasteiger partial charge in [0.1, 0.15) is 5.56 Å². The summed E-state index contributed by atoms with van der Waals surface area (Å²) < 4.78 is 5.15. The fourth-order valence-corrected chi connectivity index (χ4v) is 1.25. The normalized spacial score (nSPS) is 10.2. The van der Waals surface area contributed by atoms with E-state index in [0.29, 0.717) is 32.7 Å². The molecule has 0 fully saturated rings. The van der Waals surface area contributed by atoms with E-state index >= 15 is 0 Å². The number of nitrogens with one attached hydrogen (secondary N) is 2. The summed E-state index contributed by atoms with van der Waals surface area (Å²) in [5.74, 6) is -0.370. The van der Waals surface area contributed by atoms with Crippen LogP contribution in [0.3, 0.4) is 0 Å². The number of pyridine rings is 1. The molecule has 0 aliphatic carbocycles. The van der Waals surface area contributed by atoms with Gasteiger partial charge in [0.15, 0.2) is 5.43 Å². The Kier molecular flexibility index (Phi) is 5.98. The Hall–Kier alpha value is -1.66. The van der Waals surface area contributed by atoms with Crippen LogP contribution in [-0.2, 0) is 4.74 Å². The first-order valence-electron chi connectivity index (χ1n) is 5.49. The van der Waals surface area contributed by atoms with Crippen LogP contribution in [0, 0.1) is 0 Å². The van der Waals surface area contributed by atoms with E-state index in [0.717, 1.165) is 0 Å². The number of hydrogen-bond acceptors (Lipinski definition) is 4. The molecule has 0 bridgehead atoms. The SMILES string of the molecule is NCCOCCCNC(=O)c1c[nH]ccc1=O. The van der Waals surface area contributed by atoms with E-state index < -0.39 is 0 Å². The second-order valence-electron chi connectivity index (χ2n) is 3.43. The van der Waals surface area contributed by atoms with Crippen molar-refractivity contribution < 1.29 is 9.53 Å². The van der Waals surface area contributed by atoms with Crippen molar-refractivity contribution in [2.75, 3.05) is 26.3 Å². The van der Waals surface area contributed by atoms with E-state index in [2.05, 4.69) is 10.3 Å². The lowest BCUT2D eigenvalue weighted by Gasteiger charge is -2.05. The van der Waals surface area contributed by atoms with Crippen LogP contribution >= 0.6 is 0 Å². The minimum absolute atomic E-state index is 0.121. The molecule has 6 heteroatoms. The smallest absolute Gasteiger partial charge is 0.256 e. The van der Waals surface area contributed by atoms with Gasteiger partial charge in [-0.05, 0) is 6.42 Å². The Morgan fingerprint density at radius 1 is 1.47 bits per heavy atom. The van der Waals surface area contributed by atoms with Crippen molar-refractivity contribution in [1.82, 2.24) is 10.3 Å². The predicted octanol–water partition coefficient (Wildman–Crippen LogP) is -0.530. The third kappa shape index (κ3) is 4.80. The van der Waals surface area contributed by atoms with Gasteiger partial charge in [0, 0.05) is 38.2 Å². The number of H-pyrrole nitrogens is 1. The largest absolute Gasteiger partial charge is 0.380 e. The van der Waals surface area contributed by atoms with E-state index in [4.69, 9.17) is 10.5 Å². The monoisotopic (exact) mass is 239 g/mol. The Balaban J connectivity index is 2.26. The van der Waals surface area contributed by atoms with Crippen molar-refractivity contribution in [1.29, 1.82) is 0 Å². The average molecular weight is 239 g/mol. The number of aromatic amines is 1. The van der Waals surface area contributed by atoms with Gasteiger partial charge in [-0.2, -0.15) is 0 Å². The van der Waals surface area contributed by atoms with E-state index in [1.807, 2.05) is 0 Å². The molecular formula is C11H17N3O3. The van der Waals surface area contributed by atoms with E-state index in [9.17, 15) is 9.59 Å². The van der Waals surface area contributed by atoms with Crippen molar-refractivity contribution in [3.8, 4) is 0 Å². The maximum Gasteiger partial charge on any atom is 0.256 e. The molecule has 6 nitrogen and oxygen atoms in total. The van der Waals surface area contributed by atoms with Crippen LogP contribution in [0.15, 0.2) is 23.3 Å². The van der Waals surface area contributed by atoms with Crippen molar-refractivity contribution in [2.24, 2.45) is 5.73 Å². The molecule has 0 unspecified atom stereocenters. The van der Waals surface area contributed by atoms with Crippen LogP contribution < -0.4 is 16.5 Å². The molecule has 4 N–H and O–H groups in total. The van der Waals surface area contributed by atoms with Crippen molar-refractivity contribution in [2.45, 2.75) is 6.42 Å². The lowest BCUT2D eigenvalue weighted by Crippen LogP contribution is -2.29. The summed E-state index contributed by atoms with van der Waals surface area (Å²) in [6.45, 7) is 2.03. The van der Waals surface area contributed by atoms with Crippen LogP contribution in [0.5, 0.6) is 0 Å². The molecule has 0 radical (unpaired) electrons. The van der Waals surface area contributed by atoms with E-state index in [-0.39, 0.29) is 16.9 Å². The molecule has 1 rings (SSSR count). The zero-order valence-corrected chi connectivity index (χ0v) is 9.57. The van der Waals surface area contributed by atoms with Gasteiger partial charge in [0.05, 0.1) is 6.61 Å². The first-order valence-corrected chi connectivity index (χ1v) is 5.49. The van der Waals surface area contributed by atoms with Gasteiger partial charge in [0.25, 0.3) is 5.91 Å². The number of carbonyl (C=O) groups excluding carboxylic acids is 1. The quantitative estimate of drug-likeness (QED) is 0.557. The fraction of sp³-hybridized carbons (Fsp3) is 0.455. The van der Waals surface area contributed by atoms with Crippen molar-refractivity contribution in [3.63, 3.8) is 0 Å². The topological polar surface area (TPSA) is 97.2 Å². The van der Waals surface area contributed by atoms with Gasteiger partial charge in [0.2, 0.25) is 0 Å². The summed E-state index contributed by atoms with van der Waals surface area (Å²) in [4.78, 5) is 25.6. The van der Waals surface area contributed by atoms with Crippen molar-refractivity contribution >= 4 is 5.91 Å². The summed E-state index contributed by atoms with van der Waals surface area (Å²) in [6.07, 6.45) is 3.57. The Morgan fingerprint density at radius 2 is 2.29 bits per heavy atom. The number of ether oxygens (including phenoxy) is 1. The maximum atomic E-state index is 11.6. The van der Waals surface area contributed by atoms with Crippen LogP contribution in [0.4, 0.5) is 0 Å². The van der Waals surface area contributed by atoms with Gasteiger partial charge >= 0.3 is 0 Å². The summed E-state index contributed by atoms with van der Waals surface area (Å²) in [5, 5.41) is 2.65. The summed E-state index contributed by atoms with van der Waals surface area (Å²) in [7, 11) is 0. The Labute approximate surface area is 99.2 Å². The molecule has 0 aromatic carbocycles. The Bertz CT molecular complexity index is 403. The molecule has 1 aromatic rings. The first kappa shape index (κ1) is 13.4. The third-order valence-electron chi connectivity index (χ3n) is 2.08. The molecule has 0 aliphatic heterocycles. The van der Waals surface area contributed by atoms with Crippen LogP contribution in [0.2, 0.25) is 0 Å². The molecule has 17 heavy (non-hydrogen) atoms. The minimum atomic E-state index is -0.370. The van der Waals surface area contributed by atoms with Crippen LogP contribution in [-0.4, -0.2) is 37.2 Å². The predicted molar refractivity (Wildman–Crippen MR) is 63.9 cm³/mol. The lowest BCUT2D eigenvalue weighted by molar-refractivity contribution is 0.0941. The summed E-state index contributed by atoms with van der Waals surface area (Å²) in [5.41, 5.74) is 5.08. The number of carbonyl (C=O) groups is 1. The van der Waals surface area contributed by atoms with Gasteiger partial charge in [-0.25, -0.2) is 0 Å². The molecule has 0 saturated carbocycles. The Morgan fingerprint density at radius 3 is 3.00 bits per heavy atom. The highest BCUT2D eigenvalue weighted by Crippen LogP contribution is 1.88. The second kappa shape index (κ2) is 7.59. The van der Waals surface area contributed by atoms with Crippen molar-refractivity contribution in [3.05, 3.63) is 34.2 Å². The number of aromatic nitrogens is 1. The highest BCUT2D eigenvalue weighted by Gasteiger charge is 2.07. The van der Waals surface area contributed by atoms with Gasteiger partial charge in [-0.1, -0.05) is 0 Å². The van der Waals surface area contributed by atoms with E-state index in [1.165, 1.54) is 18.5 Å². The fourth-order valence-electron chi connectivity index (χ4n) is 1.25. The first-order chi connectivity index (χ1) is 8.25. The number of amides is 1. The van der Waals surface area contributed by atoms with Gasteiger partial charge in [-0.15, -0.1) is 0 Å². The molecule has 1 heterocycles. The van der Waals surface area contributed by atoms with Gasteiger partial charge < -0.3 is 20.8 Å². The van der Waals surface area contributed by atoms with Gasteiger partial charge in [-0.3, -0.25) is 9.59 Å². The summed E-state index contributed by atoms with van der Waals surface area (Å²) in [6, 6.07) is 1.32. The number of nitrogens with two attached hydrogens (primary N) is 1. The summed E-state index contributed by atoms with van der Waals surface area (Å²) >= 11 is 0. The molecule has 0 atom stereocenters. The van der Waals surface area contributed by atoms with Crippen LogP contribution in [0.1, 0.15) is 16.8 Å². The molecular weight excluding hydrogens is 222 g/mol. The molecule has 1 amide bonds. The maximum absolute atomic E-state index is 11.6. The molecule has 0 saturated heterocycles. The average Bonchev–Trinajstić information content (AvgIpc) is 2.34. The minimum Gasteiger partial charge on any atom is -0.380 e. The molecule has 0 aliphatic rings. The molecule has 1 aromatic heterocycles. The molecule has 0 spiro atoms. The highest BCUT2D eigenvalue weighted by atomic mass is 16.5. The molecule has 94 valence electrons. The second-order valence-corrected chi connectivity index (χ2v) is 3.43. The zero-order valence-electron chi connectivity index (χ0n) is 9.57.